The first-order valence-electron chi connectivity index (χ1n) is 9.34. The normalized spacial score (nSPS) is 26.0. The Kier molecular flexibility index (Phi) is 5.10. The van der Waals surface area contributed by atoms with Gasteiger partial charge < -0.3 is 15.2 Å². The molecule has 146 valence electrons. The summed E-state index contributed by atoms with van der Waals surface area (Å²) in [7, 11) is 1.87. The number of piperidine rings is 1. The topological polar surface area (TPSA) is 84.3 Å². The highest BCUT2D eigenvalue weighted by Gasteiger charge is 2.45. The van der Waals surface area contributed by atoms with Crippen molar-refractivity contribution in [1.29, 1.82) is 0 Å². The molecular weight excluding hydrogens is 344 g/mol. The molecule has 1 aliphatic heterocycles. The minimum Gasteiger partial charge on any atom is -0.414 e. The summed E-state index contributed by atoms with van der Waals surface area (Å²) < 4.78 is 5.74. The van der Waals surface area contributed by atoms with Crippen LogP contribution in [0.15, 0.2) is 30.6 Å². The summed E-state index contributed by atoms with van der Waals surface area (Å²) in [5.41, 5.74) is -0.534. The van der Waals surface area contributed by atoms with Crippen LogP contribution in [0, 0.1) is 0 Å². The number of amides is 1. The second-order valence-corrected chi connectivity index (χ2v) is 8.64. The predicted molar refractivity (Wildman–Crippen MR) is 104 cm³/mol. The van der Waals surface area contributed by atoms with E-state index in [1.54, 1.807) is 0 Å². The minimum absolute atomic E-state index is 0.190. The van der Waals surface area contributed by atoms with Gasteiger partial charge in [-0.1, -0.05) is 12.1 Å². The molecule has 1 amide bonds. The Hall–Kier alpha value is -2.25. The predicted octanol–water partition coefficient (Wildman–Crippen LogP) is 2.95. The van der Waals surface area contributed by atoms with Crippen molar-refractivity contribution in [2.45, 2.75) is 44.8 Å². The molecule has 0 saturated carbocycles. The number of carbonyl (C=O) groups is 1. The van der Waals surface area contributed by atoms with Gasteiger partial charge in [0.15, 0.2) is 0 Å². The van der Waals surface area contributed by atoms with E-state index in [0.717, 1.165) is 10.9 Å². The van der Waals surface area contributed by atoms with Crippen LogP contribution in [-0.2, 0) is 4.74 Å². The van der Waals surface area contributed by atoms with Crippen LogP contribution in [0.2, 0.25) is 0 Å². The molecule has 7 nitrogen and oxygen atoms in total. The molecule has 1 fully saturated rings. The van der Waals surface area contributed by atoms with Gasteiger partial charge in [0.25, 0.3) is 0 Å². The van der Waals surface area contributed by atoms with E-state index < -0.39 is 11.2 Å². The van der Waals surface area contributed by atoms with E-state index in [0.29, 0.717) is 38.3 Å². The van der Waals surface area contributed by atoms with Crippen LogP contribution in [-0.4, -0.2) is 63.5 Å². The smallest absolute Gasteiger partial charge is 0.414 e. The Morgan fingerprint density at radius 3 is 2.59 bits per heavy atom. The summed E-state index contributed by atoms with van der Waals surface area (Å²) >= 11 is 0. The lowest BCUT2D eigenvalue weighted by Crippen LogP contribution is -2.60. The number of benzene rings is 1. The van der Waals surface area contributed by atoms with Crippen LogP contribution in [0.25, 0.3) is 10.9 Å². The number of aliphatic hydroxyl groups is 1. The standard InChI is InChI=1S/C20H29N4O3/c1-19(2,3)27-18(25)24(4)11-9-20(26,10-12-24)13-21-17-15-7-5-6-8-16(15)22-14-23-17/h5-8,14,26H,9-13H2,1-4H3,(H,21,22,23)/q+1. The van der Waals surface area contributed by atoms with E-state index in [-0.39, 0.29) is 10.6 Å². The average molecular weight is 373 g/mol. The summed E-state index contributed by atoms with van der Waals surface area (Å²) in [6, 6.07) is 7.76. The number of para-hydroxylation sites is 1. The zero-order valence-corrected chi connectivity index (χ0v) is 16.5. The zero-order chi connectivity index (χ0) is 19.7. The first-order chi connectivity index (χ1) is 12.6. The van der Waals surface area contributed by atoms with E-state index in [9.17, 15) is 9.90 Å². The molecule has 1 saturated heterocycles. The molecule has 2 heterocycles. The number of fused-ring (bicyclic) bond motifs is 1. The molecule has 27 heavy (non-hydrogen) atoms. The van der Waals surface area contributed by atoms with Gasteiger partial charge in [-0.05, 0) is 32.9 Å². The van der Waals surface area contributed by atoms with Crippen molar-refractivity contribution >= 4 is 22.8 Å². The largest absolute Gasteiger partial charge is 0.516 e. The summed E-state index contributed by atoms with van der Waals surface area (Å²) in [6.07, 6.45) is 2.31. The molecule has 3 rings (SSSR count). The van der Waals surface area contributed by atoms with Crippen LogP contribution in [0.5, 0.6) is 0 Å². The number of ether oxygens (including phenoxy) is 1. The van der Waals surface area contributed by atoms with Gasteiger partial charge in [-0.25, -0.2) is 14.5 Å². The van der Waals surface area contributed by atoms with Crippen molar-refractivity contribution in [2.75, 3.05) is 32.0 Å². The molecule has 2 N–H and O–H groups in total. The molecule has 2 aromatic rings. The van der Waals surface area contributed by atoms with Crippen molar-refractivity contribution in [3.05, 3.63) is 30.6 Å². The third-order valence-corrected chi connectivity index (χ3v) is 5.10. The van der Waals surface area contributed by atoms with Gasteiger partial charge in [0.05, 0.1) is 31.3 Å². The maximum absolute atomic E-state index is 12.5. The van der Waals surface area contributed by atoms with E-state index in [2.05, 4.69) is 15.3 Å². The Balaban J connectivity index is 1.63. The lowest BCUT2D eigenvalue weighted by molar-refractivity contribution is -0.846. The molecule has 0 unspecified atom stereocenters. The Labute approximate surface area is 160 Å². The average Bonchev–Trinajstić information content (AvgIpc) is 2.61. The fourth-order valence-corrected chi connectivity index (χ4v) is 3.27. The van der Waals surface area contributed by atoms with Gasteiger partial charge in [0, 0.05) is 24.8 Å². The van der Waals surface area contributed by atoms with Crippen molar-refractivity contribution in [2.24, 2.45) is 0 Å². The Morgan fingerprint density at radius 1 is 1.26 bits per heavy atom. The minimum atomic E-state index is -0.883. The molecule has 1 aliphatic rings. The number of aromatic nitrogens is 2. The second-order valence-electron chi connectivity index (χ2n) is 8.64. The number of carbonyl (C=O) groups excluding carboxylic acids is 1. The highest BCUT2D eigenvalue weighted by Crippen LogP contribution is 2.29. The van der Waals surface area contributed by atoms with Gasteiger partial charge >= 0.3 is 6.09 Å². The molecule has 0 spiro atoms. The highest BCUT2D eigenvalue weighted by atomic mass is 16.6. The van der Waals surface area contributed by atoms with Crippen molar-refractivity contribution in [3.8, 4) is 0 Å². The van der Waals surface area contributed by atoms with Gasteiger partial charge in [-0.3, -0.25) is 0 Å². The second kappa shape index (κ2) is 7.05. The molecule has 0 atom stereocenters. The van der Waals surface area contributed by atoms with Crippen LogP contribution >= 0.6 is 0 Å². The lowest BCUT2D eigenvalue weighted by atomic mass is 9.90. The number of nitrogens with one attached hydrogen (secondary N) is 1. The molecule has 7 heteroatoms. The zero-order valence-electron chi connectivity index (χ0n) is 16.5. The summed E-state index contributed by atoms with van der Waals surface area (Å²) in [6.45, 7) is 7.06. The third kappa shape index (κ3) is 4.54. The highest BCUT2D eigenvalue weighted by molar-refractivity contribution is 5.88. The number of quaternary nitrogens is 1. The summed E-state index contributed by atoms with van der Waals surface area (Å²) in [5, 5.41) is 15.2. The van der Waals surface area contributed by atoms with Gasteiger partial charge in [-0.2, -0.15) is 4.79 Å². The Bertz CT molecular complexity index is 818. The van der Waals surface area contributed by atoms with E-state index in [4.69, 9.17) is 4.74 Å². The van der Waals surface area contributed by atoms with Gasteiger partial charge in [-0.15, -0.1) is 0 Å². The van der Waals surface area contributed by atoms with Gasteiger partial charge in [0.1, 0.15) is 17.7 Å². The van der Waals surface area contributed by atoms with E-state index in [1.165, 1.54) is 6.33 Å². The monoisotopic (exact) mass is 373 g/mol. The fraction of sp³-hybridized carbons (Fsp3) is 0.550. The van der Waals surface area contributed by atoms with Crippen molar-refractivity contribution in [3.63, 3.8) is 0 Å². The van der Waals surface area contributed by atoms with Crippen LogP contribution in [0.3, 0.4) is 0 Å². The van der Waals surface area contributed by atoms with Crippen molar-refractivity contribution in [1.82, 2.24) is 9.97 Å². The first kappa shape index (κ1) is 19.5. The maximum Gasteiger partial charge on any atom is 0.516 e. The number of likely N-dealkylation sites (tertiary alicyclic amines) is 1. The molecule has 0 aliphatic carbocycles. The molecule has 1 aromatic heterocycles. The number of anilines is 1. The number of nitrogens with zero attached hydrogens (tertiary/aromatic N) is 3. The van der Waals surface area contributed by atoms with Crippen molar-refractivity contribution < 1.29 is 19.1 Å². The SMILES string of the molecule is CC(C)(C)OC(=O)[N+]1(C)CCC(O)(CNc2ncnc3ccccc23)CC1. The van der Waals surface area contributed by atoms with Gasteiger partial charge in [0.2, 0.25) is 0 Å². The van der Waals surface area contributed by atoms with E-state index >= 15 is 0 Å². The van der Waals surface area contributed by atoms with Crippen LogP contribution in [0.4, 0.5) is 10.6 Å². The van der Waals surface area contributed by atoms with Crippen LogP contribution in [0.1, 0.15) is 33.6 Å². The summed E-state index contributed by atoms with van der Waals surface area (Å²) in [4.78, 5) is 21.1. The number of hydrogen-bond donors (Lipinski definition) is 2. The quantitative estimate of drug-likeness (QED) is 0.805. The number of hydrogen-bond acceptors (Lipinski definition) is 6. The van der Waals surface area contributed by atoms with Crippen LogP contribution < -0.4 is 5.32 Å². The molecular formula is C20H29N4O3+. The molecule has 1 aromatic carbocycles. The lowest BCUT2D eigenvalue weighted by Gasteiger charge is -2.42. The Morgan fingerprint density at radius 2 is 1.93 bits per heavy atom. The summed E-state index contributed by atoms with van der Waals surface area (Å²) in [5.74, 6) is 0.712. The number of rotatable bonds is 3. The third-order valence-electron chi connectivity index (χ3n) is 5.10. The maximum atomic E-state index is 12.5. The first-order valence-corrected chi connectivity index (χ1v) is 9.34. The fourth-order valence-electron chi connectivity index (χ4n) is 3.27. The molecule has 0 radical (unpaired) electrons. The van der Waals surface area contributed by atoms with E-state index in [1.807, 2.05) is 52.1 Å². The molecule has 0 bridgehead atoms.